The number of rotatable bonds is 5. The molecule has 1 saturated heterocycles. The van der Waals surface area contributed by atoms with Crippen molar-refractivity contribution in [2.75, 3.05) is 20.2 Å². The van der Waals surface area contributed by atoms with Crippen LogP contribution in [0.3, 0.4) is 0 Å². The minimum Gasteiger partial charge on any atom is -0.496 e. The second-order valence-electron chi connectivity index (χ2n) is 5.81. The van der Waals surface area contributed by atoms with Gasteiger partial charge in [-0.2, -0.15) is 0 Å². The summed E-state index contributed by atoms with van der Waals surface area (Å²) in [6.45, 7) is 5.65. The number of hydrogen-bond donors (Lipinski definition) is 2. The molecule has 0 bridgehead atoms. The zero-order valence-corrected chi connectivity index (χ0v) is 13.2. The van der Waals surface area contributed by atoms with E-state index in [0.29, 0.717) is 12.5 Å². The van der Waals surface area contributed by atoms with E-state index in [2.05, 4.69) is 29.7 Å². The number of carbonyl (C=O) groups excluding carboxylic acids is 1. The van der Waals surface area contributed by atoms with Gasteiger partial charge in [0, 0.05) is 6.54 Å². The number of nitrogens with one attached hydrogen (secondary N) is 2. The summed E-state index contributed by atoms with van der Waals surface area (Å²) in [7, 11) is 1.72. The third-order valence-corrected chi connectivity index (χ3v) is 4.12. The van der Waals surface area contributed by atoms with Crippen LogP contribution in [0.4, 0.5) is 0 Å². The third kappa shape index (κ3) is 4.21. The summed E-state index contributed by atoms with van der Waals surface area (Å²) in [5.74, 6) is 1.60. The fourth-order valence-corrected chi connectivity index (χ4v) is 3.06. The molecule has 2 N–H and O–H groups in total. The number of carbonyl (C=O) groups is 1. The first kappa shape index (κ1) is 15.8. The monoisotopic (exact) mass is 290 g/mol. The highest BCUT2D eigenvalue weighted by Gasteiger charge is 2.27. The zero-order chi connectivity index (χ0) is 15.2. The van der Waals surface area contributed by atoms with Crippen LogP contribution >= 0.6 is 0 Å². The number of piperidine rings is 1. The predicted molar refractivity (Wildman–Crippen MR) is 84.6 cm³/mol. The van der Waals surface area contributed by atoms with Gasteiger partial charge in [0.25, 0.3) is 0 Å². The third-order valence-electron chi connectivity index (χ3n) is 4.12. The fraction of sp³-hybridized carbons (Fsp3) is 0.588. The lowest BCUT2D eigenvalue weighted by molar-refractivity contribution is -0.123. The quantitative estimate of drug-likeness (QED) is 0.872. The van der Waals surface area contributed by atoms with E-state index in [-0.39, 0.29) is 11.9 Å². The van der Waals surface area contributed by atoms with E-state index < -0.39 is 0 Å². The topological polar surface area (TPSA) is 50.4 Å². The lowest BCUT2D eigenvalue weighted by Gasteiger charge is -2.30. The molecule has 4 nitrogen and oxygen atoms in total. The average Bonchev–Trinajstić information content (AvgIpc) is 2.48. The van der Waals surface area contributed by atoms with Gasteiger partial charge in [-0.05, 0) is 57.2 Å². The van der Waals surface area contributed by atoms with Crippen molar-refractivity contribution < 1.29 is 9.53 Å². The van der Waals surface area contributed by atoms with Crippen molar-refractivity contribution in [1.82, 2.24) is 10.6 Å². The lowest BCUT2D eigenvalue weighted by Crippen LogP contribution is -2.49. The summed E-state index contributed by atoms with van der Waals surface area (Å²) in [4.78, 5) is 12.0. The highest BCUT2D eigenvalue weighted by atomic mass is 16.5. The van der Waals surface area contributed by atoms with Gasteiger partial charge in [-0.1, -0.05) is 17.7 Å². The first-order chi connectivity index (χ1) is 10.1. The Morgan fingerprint density at radius 2 is 2.29 bits per heavy atom. The van der Waals surface area contributed by atoms with Crippen LogP contribution in [-0.2, 0) is 11.2 Å². The molecule has 0 saturated carbocycles. The summed E-state index contributed by atoms with van der Waals surface area (Å²) in [6.07, 6.45) is 2.97. The molecule has 1 aliphatic heterocycles. The van der Waals surface area contributed by atoms with Gasteiger partial charge >= 0.3 is 0 Å². The summed E-state index contributed by atoms with van der Waals surface area (Å²) < 4.78 is 5.46. The van der Waals surface area contributed by atoms with E-state index >= 15 is 0 Å². The van der Waals surface area contributed by atoms with E-state index in [1.807, 2.05) is 13.0 Å². The maximum absolute atomic E-state index is 12.0. The molecule has 0 aromatic heterocycles. The Hall–Kier alpha value is -1.55. The molecule has 1 aliphatic rings. The molecule has 21 heavy (non-hydrogen) atoms. The van der Waals surface area contributed by atoms with Gasteiger partial charge < -0.3 is 15.4 Å². The Morgan fingerprint density at radius 1 is 1.48 bits per heavy atom. The molecule has 4 heteroatoms. The van der Waals surface area contributed by atoms with E-state index in [1.54, 1.807) is 7.11 Å². The molecule has 2 atom stereocenters. The Morgan fingerprint density at radius 3 is 3.00 bits per heavy atom. The Labute approximate surface area is 127 Å². The standard InChI is InChI=1S/C17H26N2O2/c1-4-18-17(20)15-11-13(7-8-19-15)10-14-9-12(2)5-6-16(14)21-3/h5-6,9,13,15,19H,4,7-8,10-11H2,1-3H3,(H,18,20). The molecular weight excluding hydrogens is 264 g/mol. The van der Waals surface area contributed by atoms with Gasteiger partial charge in [0.05, 0.1) is 13.2 Å². The molecule has 1 aromatic rings. The van der Waals surface area contributed by atoms with E-state index in [9.17, 15) is 4.79 Å². The molecule has 1 amide bonds. The molecule has 2 unspecified atom stereocenters. The van der Waals surface area contributed by atoms with Gasteiger partial charge in [0.1, 0.15) is 5.75 Å². The van der Waals surface area contributed by atoms with Gasteiger partial charge in [-0.15, -0.1) is 0 Å². The number of likely N-dealkylation sites (N-methyl/N-ethyl adjacent to an activating group) is 1. The lowest BCUT2D eigenvalue weighted by atomic mass is 9.86. The Bertz CT molecular complexity index is 488. The van der Waals surface area contributed by atoms with Crippen LogP contribution in [0.1, 0.15) is 30.9 Å². The number of methoxy groups -OCH3 is 1. The van der Waals surface area contributed by atoms with E-state index in [1.165, 1.54) is 11.1 Å². The van der Waals surface area contributed by atoms with Crippen molar-refractivity contribution in [2.24, 2.45) is 5.92 Å². The number of aryl methyl sites for hydroxylation is 1. The van der Waals surface area contributed by atoms with Crippen LogP contribution in [0.2, 0.25) is 0 Å². The first-order valence-corrected chi connectivity index (χ1v) is 7.78. The van der Waals surface area contributed by atoms with Crippen LogP contribution < -0.4 is 15.4 Å². The summed E-state index contributed by atoms with van der Waals surface area (Å²) in [6, 6.07) is 6.25. The maximum Gasteiger partial charge on any atom is 0.237 e. The van der Waals surface area contributed by atoms with Crippen molar-refractivity contribution >= 4 is 5.91 Å². The molecular formula is C17H26N2O2. The molecule has 2 rings (SSSR count). The number of hydrogen-bond acceptors (Lipinski definition) is 3. The molecule has 0 radical (unpaired) electrons. The number of ether oxygens (including phenoxy) is 1. The normalized spacial score (nSPS) is 21.9. The highest BCUT2D eigenvalue weighted by Crippen LogP contribution is 2.27. The molecule has 0 aliphatic carbocycles. The Kier molecular flexibility index (Phi) is 5.62. The smallest absolute Gasteiger partial charge is 0.237 e. The van der Waals surface area contributed by atoms with Crippen LogP contribution in [0.25, 0.3) is 0 Å². The van der Waals surface area contributed by atoms with Crippen LogP contribution in [0.15, 0.2) is 18.2 Å². The van der Waals surface area contributed by atoms with Crippen molar-refractivity contribution in [2.45, 2.75) is 39.2 Å². The number of benzene rings is 1. The van der Waals surface area contributed by atoms with Crippen molar-refractivity contribution in [1.29, 1.82) is 0 Å². The average molecular weight is 290 g/mol. The summed E-state index contributed by atoms with van der Waals surface area (Å²) >= 11 is 0. The molecule has 1 aromatic carbocycles. The molecule has 116 valence electrons. The summed E-state index contributed by atoms with van der Waals surface area (Å²) in [5.41, 5.74) is 2.50. The maximum atomic E-state index is 12.0. The fourth-order valence-electron chi connectivity index (χ4n) is 3.06. The van der Waals surface area contributed by atoms with Crippen molar-refractivity contribution in [3.05, 3.63) is 29.3 Å². The second-order valence-corrected chi connectivity index (χ2v) is 5.81. The first-order valence-electron chi connectivity index (χ1n) is 7.78. The largest absolute Gasteiger partial charge is 0.496 e. The summed E-state index contributed by atoms with van der Waals surface area (Å²) in [5, 5.41) is 6.22. The van der Waals surface area contributed by atoms with Gasteiger partial charge in [0.15, 0.2) is 0 Å². The Balaban J connectivity index is 2.02. The zero-order valence-electron chi connectivity index (χ0n) is 13.2. The van der Waals surface area contributed by atoms with Crippen molar-refractivity contribution in [3.63, 3.8) is 0 Å². The minimum atomic E-state index is -0.0560. The van der Waals surface area contributed by atoms with E-state index in [4.69, 9.17) is 4.74 Å². The van der Waals surface area contributed by atoms with Crippen LogP contribution in [0.5, 0.6) is 5.75 Å². The van der Waals surface area contributed by atoms with Gasteiger partial charge in [-0.3, -0.25) is 4.79 Å². The van der Waals surface area contributed by atoms with Crippen molar-refractivity contribution in [3.8, 4) is 5.75 Å². The highest BCUT2D eigenvalue weighted by molar-refractivity contribution is 5.81. The van der Waals surface area contributed by atoms with Gasteiger partial charge in [-0.25, -0.2) is 0 Å². The van der Waals surface area contributed by atoms with E-state index in [0.717, 1.165) is 31.6 Å². The second kappa shape index (κ2) is 7.46. The predicted octanol–water partition coefficient (Wildman–Crippen LogP) is 2.05. The molecule has 1 fully saturated rings. The minimum absolute atomic E-state index is 0.0560. The van der Waals surface area contributed by atoms with Crippen LogP contribution in [-0.4, -0.2) is 32.1 Å². The molecule has 0 spiro atoms. The number of amides is 1. The SMILES string of the molecule is CCNC(=O)C1CC(Cc2cc(C)ccc2OC)CCN1. The molecule has 1 heterocycles. The van der Waals surface area contributed by atoms with Crippen LogP contribution in [0, 0.1) is 12.8 Å². The van der Waals surface area contributed by atoms with Gasteiger partial charge in [0.2, 0.25) is 5.91 Å².